The molecule has 0 aliphatic heterocycles. The van der Waals surface area contributed by atoms with E-state index in [-0.39, 0.29) is 11.1 Å². The molecule has 0 aliphatic carbocycles. The number of aromatic nitrogens is 2. The van der Waals surface area contributed by atoms with E-state index in [4.69, 9.17) is 17.6 Å². The van der Waals surface area contributed by atoms with Gasteiger partial charge in [0, 0.05) is 30.6 Å². The molecule has 190 valence electrons. The lowest BCUT2D eigenvalue weighted by atomic mass is 9.99. The number of fused-ring (bicyclic) bond motifs is 3. The topological polar surface area (TPSA) is 53.7 Å². The molecular formula is C34H30N3OSi+. The summed E-state index contributed by atoms with van der Waals surface area (Å²) in [6.07, 6.45) is 1.37. The molecule has 0 saturated heterocycles. The normalized spacial score (nSPS) is 14.6. The van der Waals surface area contributed by atoms with E-state index in [1.165, 1.54) is 12.3 Å². The van der Waals surface area contributed by atoms with Crippen LogP contribution in [-0.2, 0) is 7.05 Å². The molecule has 0 amide bonds. The summed E-state index contributed by atoms with van der Waals surface area (Å²) in [5.41, 5.74) is 2.79. The van der Waals surface area contributed by atoms with Gasteiger partial charge in [0.15, 0.2) is 19.9 Å². The van der Waals surface area contributed by atoms with E-state index >= 15 is 0 Å². The van der Waals surface area contributed by atoms with Crippen molar-refractivity contribution in [3.63, 3.8) is 0 Å². The van der Waals surface area contributed by atoms with Crippen molar-refractivity contribution in [1.82, 2.24) is 4.98 Å². The number of furan rings is 1. The van der Waals surface area contributed by atoms with E-state index in [0.717, 1.165) is 21.3 Å². The number of nitriles is 1. The van der Waals surface area contributed by atoms with Gasteiger partial charge >= 0.3 is 0 Å². The molecule has 0 spiro atoms. The highest BCUT2D eigenvalue weighted by Crippen LogP contribution is 2.36. The predicted molar refractivity (Wildman–Crippen MR) is 160 cm³/mol. The molecule has 0 atom stereocenters. The molecular weight excluding hydrogens is 494 g/mol. The van der Waals surface area contributed by atoms with Gasteiger partial charge in [-0.25, -0.2) is 9.55 Å². The van der Waals surface area contributed by atoms with Crippen LogP contribution in [0.2, 0.25) is 6.55 Å². The fraction of sp³-hybridized carbons (Fsp3) is 0.147. The summed E-state index contributed by atoms with van der Waals surface area (Å²) in [5.74, 6) is 0. The fourth-order valence-corrected chi connectivity index (χ4v) is 9.12. The number of pyridine rings is 2. The van der Waals surface area contributed by atoms with Gasteiger partial charge in [0.2, 0.25) is 11.4 Å². The van der Waals surface area contributed by atoms with Crippen LogP contribution >= 0.6 is 0 Å². The summed E-state index contributed by atoms with van der Waals surface area (Å²) >= 11 is 0. The zero-order valence-electron chi connectivity index (χ0n) is 27.9. The van der Waals surface area contributed by atoms with Crippen molar-refractivity contribution in [2.45, 2.75) is 27.2 Å². The molecule has 6 rings (SSSR count). The van der Waals surface area contributed by atoms with Crippen LogP contribution in [-0.4, -0.2) is 13.1 Å². The first-order valence-electron chi connectivity index (χ1n) is 15.7. The molecule has 0 unspecified atom stereocenters. The van der Waals surface area contributed by atoms with Crippen LogP contribution in [0, 0.1) is 32.0 Å². The van der Waals surface area contributed by atoms with Crippen LogP contribution in [0.25, 0.3) is 33.3 Å². The number of aryl methyl sites for hydroxylation is 4. The van der Waals surface area contributed by atoms with Crippen molar-refractivity contribution < 1.29 is 17.2 Å². The molecule has 0 N–H and O–H groups in total. The van der Waals surface area contributed by atoms with E-state index < -0.39 is 21.8 Å². The van der Waals surface area contributed by atoms with Gasteiger partial charge in [0.05, 0.1) is 16.4 Å². The highest BCUT2D eigenvalue weighted by atomic mass is 28.3. The largest absolute Gasteiger partial charge is 0.437 e. The summed E-state index contributed by atoms with van der Waals surface area (Å²) in [4.78, 5) is 5.10. The predicted octanol–water partition coefficient (Wildman–Crippen LogP) is 5.37. The summed E-state index contributed by atoms with van der Waals surface area (Å²) in [7, 11) is -1.08. The van der Waals surface area contributed by atoms with E-state index in [1.54, 1.807) is 11.6 Å². The number of nitrogens with zero attached hydrogens (tertiary/aromatic N) is 3. The first-order chi connectivity index (χ1) is 21.2. The second-order valence-corrected chi connectivity index (χ2v) is 13.9. The summed E-state index contributed by atoms with van der Waals surface area (Å²) < 4.78 is 56.4. The third kappa shape index (κ3) is 3.88. The molecule has 3 aromatic carbocycles. The van der Waals surface area contributed by atoms with E-state index in [9.17, 15) is 5.26 Å². The average molecular weight is 531 g/mol. The van der Waals surface area contributed by atoms with E-state index in [1.807, 2.05) is 61.5 Å². The van der Waals surface area contributed by atoms with Gasteiger partial charge < -0.3 is 4.42 Å². The Bertz CT molecular complexity index is 2090. The van der Waals surface area contributed by atoms with Gasteiger partial charge in [-0.15, -0.1) is 0 Å². The van der Waals surface area contributed by atoms with Crippen LogP contribution in [0.15, 0.2) is 95.5 Å². The van der Waals surface area contributed by atoms with Gasteiger partial charge in [-0.2, -0.15) is 5.26 Å². The van der Waals surface area contributed by atoms with Crippen molar-refractivity contribution in [1.29, 1.82) is 5.26 Å². The Balaban J connectivity index is 1.66. The minimum atomic E-state index is -2.77. The lowest BCUT2D eigenvalue weighted by Gasteiger charge is -2.28. The highest BCUT2D eigenvalue weighted by Gasteiger charge is 2.38. The maximum absolute atomic E-state index is 10.5. The SMILES string of the molecule is [2H]C([2H])([2H])c1cc(-c2c(C)ccc3c2oc2nc([Si](C)(c4ccccc4)c4ccccc4)c(C#N)cc23)[n+](C)cc1C([2H])([2H])[2H]. The van der Waals surface area contributed by atoms with E-state index in [2.05, 4.69) is 36.9 Å². The van der Waals surface area contributed by atoms with Gasteiger partial charge in [-0.3, -0.25) is 0 Å². The second kappa shape index (κ2) is 9.34. The molecule has 3 heterocycles. The fourth-order valence-electron chi connectivity index (χ4n) is 5.53. The lowest BCUT2D eigenvalue weighted by molar-refractivity contribution is -0.660. The Morgan fingerprint density at radius 3 is 2.15 bits per heavy atom. The highest BCUT2D eigenvalue weighted by molar-refractivity contribution is 7.10. The van der Waals surface area contributed by atoms with Crippen molar-refractivity contribution in [2.24, 2.45) is 7.05 Å². The Kier molecular flexibility index (Phi) is 4.47. The van der Waals surface area contributed by atoms with E-state index in [0.29, 0.717) is 38.8 Å². The van der Waals surface area contributed by atoms with Crippen LogP contribution in [0.1, 0.15) is 30.5 Å². The van der Waals surface area contributed by atoms with Crippen molar-refractivity contribution in [3.05, 3.63) is 113 Å². The van der Waals surface area contributed by atoms with Crippen molar-refractivity contribution in [2.75, 3.05) is 0 Å². The quantitative estimate of drug-likeness (QED) is 0.227. The Hall–Kier alpha value is -4.53. The second-order valence-electron chi connectivity index (χ2n) is 10.0. The van der Waals surface area contributed by atoms with Crippen molar-refractivity contribution in [3.8, 4) is 17.3 Å². The average Bonchev–Trinajstić information content (AvgIpc) is 3.37. The Morgan fingerprint density at radius 2 is 1.54 bits per heavy atom. The molecule has 0 fully saturated rings. The molecule has 0 aliphatic rings. The standard InChI is InChI=1S/C34H30N3OSi/c1-22-16-17-28-29-19-25(20-35)34(39(5,26-12-8-6-9-13-26)27-14-10-7-11-15-27)36-33(29)38-32(28)31(22)30-18-23(2)24(3)21-37(30)4/h6-19,21H,1-5H3/q+1/i2D3,3D3. The third-order valence-electron chi connectivity index (χ3n) is 7.67. The molecule has 4 nitrogen and oxygen atoms in total. The Morgan fingerprint density at radius 1 is 0.872 bits per heavy atom. The summed E-state index contributed by atoms with van der Waals surface area (Å²) in [6, 6.07) is 29.7. The van der Waals surface area contributed by atoms with Crippen molar-refractivity contribution >= 4 is 45.8 Å². The summed E-state index contributed by atoms with van der Waals surface area (Å²) in [6.45, 7) is -1.18. The smallest absolute Gasteiger partial charge is 0.227 e. The number of hydrogen-bond donors (Lipinski definition) is 0. The third-order valence-corrected chi connectivity index (χ3v) is 12.0. The maximum atomic E-state index is 10.5. The van der Waals surface area contributed by atoms with Crippen LogP contribution < -0.4 is 20.3 Å². The van der Waals surface area contributed by atoms with Gasteiger partial charge in [-0.05, 0) is 48.2 Å². The minimum absolute atomic E-state index is 0.223. The molecule has 0 bridgehead atoms. The van der Waals surface area contributed by atoms with Gasteiger partial charge in [0.1, 0.15) is 13.1 Å². The van der Waals surface area contributed by atoms with Gasteiger partial charge in [-0.1, -0.05) is 79.3 Å². The van der Waals surface area contributed by atoms with Gasteiger partial charge in [0.25, 0.3) is 0 Å². The lowest BCUT2D eigenvalue weighted by Crippen LogP contribution is -2.66. The molecule has 0 saturated carbocycles. The van der Waals surface area contributed by atoms with Crippen LogP contribution in [0.5, 0.6) is 0 Å². The van der Waals surface area contributed by atoms with Crippen LogP contribution in [0.3, 0.4) is 0 Å². The minimum Gasteiger partial charge on any atom is -0.437 e. The molecule has 5 heteroatoms. The van der Waals surface area contributed by atoms with Crippen LogP contribution in [0.4, 0.5) is 0 Å². The molecule has 6 aromatic rings. The first-order valence-corrected chi connectivity index (χ1v) is 15.2. The Labute approximate surface area is 238 Å². The summed E-state index contributed by atoms with van der Waals surface area (Å²) in [5, 5.41) is 14.7. The zero-order valence-corrected chi connectivity index (χ0v) is 22.9. The maximum Gasteiger partial charge on any atom is 0.227 e. The molecule has 0 radical (unpaired) electrons. The molecule has 3 aromatic heterocycles. The first kappa shape index (κ1) is 18.7. The number of benzene rings is 3. The monoisotopic (exact) mass is 530 g/mol. The molecule has 39 heavy (non-hydrogen) atoms. The number of rotatable bonds is 4. The zero-order chi connectivity index (χ0) is 32.3. The number of hydrogen-bond acceptors (Lipinski definition) is 3.